The fourth-order valence-corrected chi connectivity index (χ4v) is 3.91. The van der Waals surface area contributed by atoms with Gasteiger partial charge in [-0.15, -0.1) is 0 Å². The van der Waals surface area contributed by atoms with Gasteiger partial charge in [0, 0.05) is 20.2 Å². The number of sulfonamides is 1. The van der Waals surface area contributed by atoms with E-state index in [0.29, 0.717) is 11.2 Å². The van der Waals surface area contributed by atoms with Gasteiger partial charge >= 0.3 is 5.76 Å². The summed E-state index contributed by atoms with van der Waals surface area (Å²) in [6.45, 7) is 3.82. The molecule has 0 aliphatic heterocycles. The van der Waals surface area contributed by atoms with E-state index in [9.17, 15) is 13.2 Å². The molecule has 6 nitrogen and oxygen atoms in total. The number of benzene rings is 2. The number of hydrogen-bond donors (Lipinski definition) is 0. The lowest BCUT2D eigenvalue weighted by Gasteiger charge is -2.22. The van der Waals surface area contributed by atoms with Crippen molar-refractivity contribution in [2.45, 2.75) is 18.7 Å². The van der Waals surface area contributed by atoms with Crippen LogP contribution in [0.1, 0.15) is 11.1 Å². The van der Waals surface area contributed by atoms with Crippen molar-refractivity contribution in [1.29, 1.82) is 0 Å². The van der Waals surface area contributed by atoms with Gasteiger partial charge < -0.3 is 4.42 Å². The van der Waals surface area contributed by atoms with E-state index >= 15 is 0 Å². The number of hydrogen-bond acceptors (Lipinski definition) is 4. The first-order valence-electron chi connectivity index (χ1n) is 7.38. The van der Waals surface area contributed by atoms with Gasteiger partial charge in [0.1, 0.15) is 0 Å². The van der Waals surface area contributed by atoms with Gasteiger partial charge in [-0.2, -0.15) is 0 Å². The van der Waals surface area contributed by atoms with Gasteiger partial charge in [-0.1, -0.05) is 12.1 Å². The Kier molecular flexibility index (Phi) is 3.76. The SMILES string of the molecule is Cc1cccc(N(C)S(=O)(=O)c2ccc3c(c2)oc(=O)n3C)c1C. The van der Waals surface area contributed by atoms with Crippen molar-refractivity contribution in [3.05, 3.63) is 58.1 Å². The van der Waals surface area contributed by atoms with E-state index in [4.69, 9.17) is 4.42 Å². The average Bonchev–Trinajstić information content (AvgIpc) is 2.83. The normalized spacial score (nSPS) is 11.8. The number of fused-ring (bicyclic) bond motifs is 1. The van der Waals surface area contributed by atoms with E-state index in [1.807, 2.05) is 26.0 Å². The lowest BCUT2D eigenvalue weighted by atomic mass is 10.1. The molecule has 0 saturated heterocycles. The van der Waals surface area contributed by atoms with E-state index in [1.165, 1.54) is 28.1 Å². The maximum absolute atomic E-state index is 12.9. The summed E-state index contributed by atoms with van der Waals surface area (Å²) < 4.78 is 33.5. The zero-order valence-corrected chi connectivity index (χ0v) is 14.7. The van der Waals surface area contributed by atoms with Crippen LogP contribution in [0.5, 0.6) is 0 Å². The minimum Gasteiger partial charge on any atom is -0.408 e. The maximum Gasteiger partial charge on any atom is 0.419 e. The summed E-state index contributed by atoms with van der Waals surface area (Å²) in [5.74, 6) is -0.526. The minimum atomic E-state index is -3.76. The van der Waals surface area contributed by atoms with Crippen LogP contribution in [0.15, 0.2) is 50.5 Å². The van der Waals surface area contributed by atoms with Crippen LogP contribution in [0.3, 0.4) is 0 Å². The number of aromatic nitrogens is 1. The molecule has 0 fully saturated rings. The summed E-state index contributed by atoms with van der Waals surface area (Å²) in [5, 5.41) is 0. The fourth-order valence-electron chi connectivity index (χ4n) is 2.64. The van der Waals surface area contributed by atoms with Gasteiger partial charge in [-0.05, 0) is 43.2 Å². The molecule has 24 heavy (non-hydrogen) atoms. The minimum absolute atomic E-state index is 0.0766. The third-order valence-corrected chi connectivity index (χ3v) is 6.10. The molecule has 0 spiro atoms. The largest absolute Gasteiger partial charge is 0.419 e. The maximum atomic E-state index is 12.9. The summed E-state index contributed by atoms with van der Waals surface area (Å²) in [5.41, 5.74) is 3.32. The molecule has 0 atom stereocenters. The second-order valence-electron chi connectivity index (χ2n) is 5.75. The molecule has 126 valence electrons. The first-order valence-corrected chi connectivity index (χ1v) is 8.82. The Morgan fingerprint density at radius 1 is 1.12 bits per heavy atom. The van der Waals surface area contributed by atoms with Crippen molar-refractivity contribution in [2.75, 3.05) is 11.4 Å². The van der Waals surface area contributed by atoms with E-state index < -0.39 is 15.8 Å². The molecule has 0 unspecified atom stereocenters. The molecule has 0 radical (unpaired) electrons. The summed E-state index contributed by atoms with van der Waals surface area (Å²) in [7, 11) is -0.674. The first-order chi connectivity index (χ1) is 11.2. The van der Waals surface area contributed by atoms with Crippen molar-refractivity contribution >= 4 is 26.8 Å². The molecule has 0 aliphatic rings. The van der Waals surface area contributed by atoms with Crippen molar-refractivity contribution in [1.82, 2.24) is 4.57 Å². The van der Waals surface area contributed by atoms with E-state index in [1.54, 1.807) is 19.2 Å². The predicted molar refractivity (Wildman–Crippen MR) is 93.0 cm³/mol. The molecule has 1 heterocycles. The smallest absolute Gasteiger partial charge is 0.408 e. The fraction of sp³-hybridized carbons (Fsp3) is 0.235. The molecule has 0 amide bonds. The highest BCUT2D eigenvalue weighted by molar-refractivity contribution is 7.92. The van der Waals surface area contributed by atoms with E-state index in [2.05, 4.69) is 0 Å². The van der Waals surface area contributed by atoms with E-state index in [0.717, 1.165) is 11.1 Å². The highest BCUT2D eigenvalue weighted by Crippen LogP contribution is 2.28. The Morgan fingerprint density at radius 3 is 2.54 bits per heavy atom. The van der Waals surface area contributed by atoms with Gasteiger partial charge in [0.05, 0.1) is 16.1 Å². The molecular weight excluding hydrogens is 328 g/mol. The van der Waals surface area contributed by atoms with Crippen molar-refractivity contribution < 1.29 is 12.8 Å². The molecule has 3 rings (SSSR count). The van der Waals surface area contributed by atoms with Crippen LogP contribution in [0.25, 0.3) is 11.1 Å². The third kappa shape index (κ3) is 2.41. The van der Waals surface area contributed by atoms with Crippen LogP contribution in [-0.2, 0) is 17.1 Å². The highest BCUT2D eigenvalue weighted by atomic mass is 32.2. The number of anilines is 1. The van der Waals surface area contributed by atoms with Crippen LogP contribution in [0, 0.1) is 13.8 Å². The standard InChI is InChI=1S/C17H18N2O4S/c1-11-6-5-7-14(12(11)2)19(4)24(21,22)13-8-9-15-16(10-13)23-17(20)18(15)3/h5-10H,1-4H3. The Bertz CT molecular complexity index is 1090. The third-order valence-electron chi connectivity index (χ3n) is 4.34. The van der Waals surface area contributed by atoms with Gasteiger partial charge in [0.25, 0.3) is 10.0 Å². The number of oxazole rings is 1. The number of nitrogens with zero attached hydrogens (tertiary/aromatic N) is 2. The van der Waals surface area contributed by atoms with Crippen LogP contribution in [0.2, 0.25) is 0 Å². The van der Waals surface area contributed by atoms with Gasteiger partial charge in [-0.3, -0.25) is 8.87 Å². The molecule has 0 saturated carbocycles. The number of rotatable bonds is 3. The van der Waals surface area contributed by atoms with Gasteiger partial charge in [0.15, 0.2) is 5.58 Å². The number of aryl methyl sites for hydroxylation is 2. The Hall–Kier alpha value is -2.54. The second kappa shape index (κ2) is 5.52. The molecule has 3 aromatic rings. The van der Waals surface area contributed by atoms with Gasteiger partial charge in [-0.25, -0.2) is 13.2 Å². The second-order valence-corrected chi connectivity index (χ2v) is 7.72. The quantitative estimate of drug-likeness (QED) is 0.731. The highest BCUT2D eigenvalue weighted by Gasteiger charge is 2.24. The topological polar surface area (TPSA) is 72.5 Å². The molecule has 0 N–H and O–H groups in total. The zero-order chi connectivity index (χ0) is 17.6. The van der Waals surface area contributed by atoms with Crippen molar-refractivity contribution in [3.8, 4) is 0 Å². The lowest BCUT2D eigenvalue weighted by Crippen LogP contribution is -2.27. The molecule has 0 aliphatic carbocycles. The molecular formula is C17H18N2O4S. The summed E-state index contributed by atoms with van der Waals surface area (Å²) in [6.07, 6.45) is 0. The Labute approximate surface area is 140 Å². The monoisotopic (exact) mass is 346 g/mol. The van der Waals surface area contributed by atoms with Crippen molar-refractivity contribution in [3.63, 3.8) is 0 Å². The van der Waals surface area contributed by atoms with Crippen molar-refractivity contribution in [2.24, 2.45) is 7.05 Å². The zero-order valence-electron chi connectivity index (χ0n) is 13.9. The summed E-state index contributed by atoms with van der Waals surface area (Å²) >= 11 is 0. The molecule has 0 bridgehead atoms. The average molecular weight is 346 g/mol. The van der Waals surface area contributed by atoms with Crippen LogP contribution < -0.4 is 10.1 Å². The Balaban J connectivity index is 2.13. The summed E-state index contributed by atoms with van der Waals surface area (Å²) in [4.78, 5) is 11.6. The van der Waals surface area contributed by atoms with Gasteiger partial charge in [0.2, 0.25) is 0 Å². The molecule has 7 heteroatoms. The van der Waals surface area contributed by atoms with E-state index in [-0.39, 0.29) is 10.5 Å². The van der Waals surface area contributed by atoms with Crippen LogP contribution in [0.4, 0.5) is 5.69 Å². The molecule has 2 aromatic carbocycles. The molecule has 1 aromatic heterocycles. The van der Waals surface area contributed by atoms with Crippen LogP contribution in [-0.4, -0.2) is 20.0 Å². The summed E-state index contributed by atoms with van der Waals surface area (Å²) in [6, 6.07) is 9.96. The predicted octanol–water partition coefficient (Wildman–Crippen LogP) is 2.57. The van der Waals surface area contributed by atoms with Crippen LogP contribution >= 0.6 is 0 Å². The first kappa shape index (κ1) is 16.3. The lowest BCUT2D eigenvalue weighted by molar-refractivity contribution is 0.527. The Morgan fingerprint density at radius 2 is 1.83 bits per heavy atom.